The molecule has 3 aromatic rings. The van der Waals surface area contributed by atoms with Gasteiger partial charge < -0.3 is 4.42 Å². The lowest BCUT2D eigenvalue weighted by Gasteiger charge is -2.10. The quantitative estimate of drug-likeness (QED) is 0.147. The summed E-state index contributed by atoms with van der Waals surface area (Å²) in [6, 6.07) is 0. The Bertz CT molecular complexity index is 1900. The molecule has 0 saturated heterocycles. The summed E-state index contributed by atoms with van der Waals surface area (Å²) in [6.45, 7) is 0. The van der Waals surface area contributed by atoms with Crippen molar-refractivity contribution < 1.29 is 73.7 Å². The molecule has 0 saturated carbocycles. The fourth-order valence-electron chi connectivity index (χ4n) is 3.84. The van der Waals surface area contributed by atoms with Crippen molar-refractivity contribution in [2.45, 2.75) is 0 Å². The largest absolute Gasteiger partial charge is 0.415 e. The van der Waals surface area contributed by atoms with E-state index in [0.717, 1.165) is 0 Å². The summed E-state index contributed by atoms with van der Waals surface area (Å²) < 4.78 is 4.78. The summed E-state index contributed by atoms with van der Waals surface area (Å²) in [5, 5.41) is 114. The van der Waals surface area contributed by atoms with Gasteiger partial charge in [0, 0.05) is 0 Å². The van der Waals surface area contributed by atoms with Gasteiger partial charge in [0.1, 0.15) is 0 Å². The molecule has 0 spiro atoms. The van der Waals surface area contributed by atoms with Gasteiger partial charge in [0.2, 0.25) is 0 Å². The van der Waals surface area contributed by atoms with Gasteiger partial charge >= 0.3 is 34.1 Å². The Labute approximate surface area is 266 Å². The molecule has 0 aliphatic carbocycles. The molecule has 51 heavy (non-hydrogen) atoms. The van der Waals surface area contributed by atoms with Gasteiger partial charge in [-0.3, -0.25) is 80.0 Å². The Hall–Kier alpha value is -9.22. The zero-order valence-corrected chi connectivity index (χ0v) is 22.6. The van der Waals surface area contributed by atoms with Crippen LogP contribution in [0, 0.1) is 101 Å². The molecular weight excluding hydrogens is 736 g/mol. The highest BCUT2D eigenvalue weighted by Gasteiger charge is 2.51. The monoisotopic (exact) mass is 736 g/mol. The van der Waals surface area contributed by atoms with Crippen molar-refractivity contribution in [3.63, 3.8) is 0 Å². The van der Waals surface area contributed by atoms with Crippen LogP contribution in [0.5, 0.6) is 23.0 Å². The summed E-state index contributed by atoms with van der Waals surface area (Å²) >= 11 is 0. The fraction of sp³-hybridized carbons (Fsp3) is 0. The van der Waals surface area contributed by atoms with E-state index in [-0.39, 0.29) is 0 Å². The van der Waals surface area contributed by atoms with E-state index < -0.39 is 130 Å². The van der Waals surface area contributed by atoms with Crippen LogP contribution in [0.25, 0.3) is 22.9 Å². The molecule has 2 aromatic carbocycles. The smallest absolute Gasteiger partial charge is 0.343 e. The Morgan fingerprint density at radius 2 is 0.549 bits per heavy atom. The van der Waals surface area contributed by atoms with Gasteiger partial charge in [0.05, 0.1) is 29.5 Å². The molecule has 0 atom stereocenters. The van der Waals surface area contributed by atoms with Crippen LogP contribution in [-0.4, -0.2) is 60.1 Å². The molecule has 0 aliphatic heterocycles. The average molecular weight is 736 g/mol. The Kier molecular flexibility index (Phi) is 9.42. The normalized spacial score (nSPS) is 10.4. The standard InChI is InChI=1S/C14N12O25/c27-17(28)3-1(4(18(29)30)10(49-24(41)42)7(21(35)36)9(3)48-23(39)40)13-15-16-14(47-13)2-5(19(31)32)11(50-25(43)44)8(22(37)38)12(51-26(45)46)6(2)20(33)34. The fourth-order valence-corrected chi connectivity index (χ4v) is 3.84. The van der Waals surface area contributed by atoms with Crippen molar-refractivity contribution in [2.75, 3.05) is 0 Å². The molecule has 0 aliphatic rings. The van der Waals surface area contributed by atoms with Gasteiger partial charge in [-0.2, -0.15) is 0 Å². The maximum atomic E-state index is 12.0. The summed E-state index contributed by atoms with van der Waals surface area (Å²) in [6.07, 6.45) is 0. The highest BCUT2D eigenvalue weighted by atomic mass is 17.0. The highest BCUT2D eigenvalue weighted by Crippen LogP contribution is 2.58. The van der Waals surface area contributed by atoms with Gasteiger partial charge in [0.25, 0.3) is 55.1 Å². The molecule has 0 radical (unpaired) electrons. The van der Waals surface area contributed by atoms with Crippen LogP contribution in [0.3, 0.4) is 0 Å². The SMILES string of the molecule is O=[N+]([O-])Oc1c([N+](=O)[O-])c(O[N+](=O)[O-])c([N+](=O)[O-])c(-c2nnc(-c3c([N+](=O)[O-])c(O[N+](=O)[O-])c([N+](=O)[O-])c(O[N+](=O)[O-])c3[N+](=O)[O-])o2)c1[N+](=O)[O-]. The maximum absolute atomic E-state index is 12.0. The first kappa shape index (κ1) is 36.3. The van der Waals surface area contributed by atoms with E-state index in [2.05, 4.69) is 29.5 Å². The highest BCUT2D eigenvalue weighted by molar-refractivity contribution is 5.93. The third kappa shape index (κ3) is 6.69. The second-order valence-corrected chi connectivity index (χ2v) is 7.87. The molecule has 266 valence electrons. The van der Waals surface area contributed by atoms with Crippen molar-refractivity contribution in [3.05, 3.63) is 101 Å². The minimum absolute atomic E-state index is 1.92. The van der Waals surface area contributed by atoms with E-state index >= 15 is 0 Å². The third-order valence-electron chi connectivity index (χ3n) is 5.28. The first-order chi connectivity index (χ1) is 23.6. The number of rotatable bonds is 16. The minimum atomic E-state index is -2.32. The van der Waals surface area contributed by atoms with Gasteiger partial charge in [-0.1, -0.05) is 0 Å². The molecule has 0 unspecified atom stereocenters. The van der Waals surface area contributed by atoms with E-state index in [1.54, 1.807) is 0 Å². The number of nitrogens with zero attached hydrogens (tertiary/aromatic N) is 12. The number of nitro groups is 6. The maximum Gasteiger partial charge on any atom is 0.343 e. The minimum Gasteiger partial charge on any atom is -0.415 e. The van der Waals surface area contributed by atoms with Crippen LogP contribution in [0.15, 0.2) is 4.42 Å². The molecule has 0 N–H and O–H groups in total. The van der Waals surface area contributed by atoms with Crippen LogP contribution in [0.2, 0.25) is 0 Å². The van der Waals surface area contributed by atoms with E-state index in [0.29, 0.717) is 0 Å². The van der Waals surface area contributed by atoms with Crippen LogP contribution in [-0.2, 0) is 0 Å². The Balaban J connectivity index is 2.75. The third-order valence-corrected chi connectivity index (χ3v) is 5.28. The van der Waals surface area contributed by atoms with Crippen LogP contribution in [0.1, 0.15) is 0 Å². The lowest BCUT2D eigenvalue weighted by atomic mass is 10.1. The molecule has 3 rings (SSSR count). The van der Waals surface area contributed by atoms with Crippen LogP contribution >= 0.6 is 0 Å². The number of nitro benzene ring substituents is 6. The van der Waals surface area contributed by atoms with E-state index in [4.69, 9.17) is 4.42 Å². The number of hydrogen-bond donors (Lipinski definition) is 0. The van der Waals surface area contributed by atoms with Gasteiger partial charge in [-0.15, -0.1) is 50.7 Å². The molecule has 0 bridgehead atoms. The van der Waals surface area contributed by atoms with Crippen molar-refractivity contribution in [3.8, 4) is 45.9 Å². The van der Waals surface area contributed by atoms with Crippen molar-refractivity contribution in [2.24, 2.45) is 0 Å². The van der Waals surface area contributed by atoms with Crippen molar-refractivity contribution >= 4 is 34.1 Å². The van der Waals surface area contributed by atoms with Gasteiger partial charge in [0.15, 0.2) is 11.1 Å². The Morgan fingerprint density at radius 3 is 0.706 bits per heavy atom. The summed E-state index contributed by atoms with van der Waals surface area (Å²) in [5.41, 5.74) is -18.0. The zero-order valence-electron chi connectivity index (χ0n) is 22.6. The lowest BCUT2D eigenvalue weighted by molar-refractivity contribution is -0.715. The zero-order chi connectivity index (χ0) is 38.8. The second-order valence-electron chi connectivity index (χ2n) is 7.87. The van der Waals surface area contributed by atoms with Crippen LogP contribution in [0.4, 0.5) is 34.1 Å². The second kappa shape index (κ2) is 13.3. The molecule has 0 fully saturated rings. The van der Waals surface area contributed by atoms with Gasteiger partial charge in [-0.25, -0.2) is 0 Å². The number of hydrogen-bond acceptors (Lipinski definition) is 27. The van der Waals surface area contributed by atoms with Crippen LogP contribution < -0.4 is 19.4 Å². The predicted octanol–water partition coefficient (Wildman–Crippen LogP) is 1.13. The van der Waals surface area contributed by atoms with Gasteiger partial charge in [-0.05, 0) is 0 Å². The molecule has 1 aromatic heterocycles. The number of aromatic nitrogens is 2. The summed E-state index contributed by atoms with van der Waals surface area (Å²) in [4.78, 5) is 119. The van der Waals surface area contributed by atoms with E-state index in [1.807, 2.05) is 0 Å². The summed E-state index contributed by atoms with van der Waals surface area (Å²) in [5.74, 6) is -13.0. The molecule has 37 nitrogen and oxygen atoms in total. The van der Waals surface area contributed by atoms with E-state index in [1.165, 1.54) is 0 Å². The first-order valence-electron chi connectivity index (χ1n) is 11.1. The summed E-state index contributed by atoms with van der Waals surface area (Å²) in [7, 11) is 0. The molecular formula is C14N12O25. The predicted molar refractivity (Wildman–Crippen MR) is 136 cm³/mol. The average Bonchev–Trinajstić information content (AvgIpc) is 3.43. The molecule has 0 amide bonds. The molecule has 37 heteroatoms. The molecule has 1 heterocycles. The Morgan fingerprint density at radius 1 is 0.353 bits per heavy atom. The number of benzene rings is 2. The van der Waals surface area contributed by atoms with Crippen molar-refractivity contribution in [1.82, 2.24) is 10.2 Å². The lowest BCUT2D eigenvalue weighted by Crippen LogP contribution is -2.14. The van der Waals surface area contributed by atoms with E-state index in [9.17, 15) is 101 Å². The first-order valence-corrected chi connectivity index (χ1v) is 11.1. The van der Waals surface area contributed by atoms with Crippen molar-refractivity contribution in [1.29, 1.82) is 0 Å². The topological polar surface area (TPSA) is 507 Å².